The number of nitrogens with two attached hydrogens (primary N) is 1. The van der Waals surface area contributed by atoms with Crippen LogP contribution in [0.4, 0.5) is 11.4 Å². The predicted octanol–water partition coefficient (Wildman–Crippen LogP) is 2.31. The van der Waals surface area contributed by atoms with E-state index >= 15 is 0 Å². The van der Waals surface area contributed by atoms with E-state index in [0.717, 1.165) is 0 Å². The topological polar surface area (TPSA) is 98.1 Å². The maximum Gasteiger partial charge on any atom is 0.169 e. The highest BCUT2D eigenvalue weighted by Gasteiger charge is 2.23. The number of rotatable bonds is 1. The lowest BCUT2D eigenvalue weighted by Crippen LogP contribution is -2.23. The third-order valence-electron chi connectivity index (χ3n) is 2.87. The van der Waals surface area contributed by atoms with Gasteiger partial charge in [-0.15, -0.1) is 0 Å². The molecular weight excluding hydrogens is 266 g/mol. The van der Waals surface area contributed by atoms with Crippen LogP contribution in [0.15, 0.2) is 16.2 Å². The monoisotopic (exact) mass is 279 g/mol. The Labute approximate surface area is 115 Å². The van der Waals surface area contributed by atoms with E-state index in [4.69, 9.17) is 22.7 Å². The van der Waals surface area contributed by atoms with Crippen molar-refractivity contribution in [3.8, 4) is 5.75 Å². The molecule has 6 nitrogen and oxygen atoms in total. The van der Waals surface area contributed by atoms with Gasteiger partial charge in [0.05, 0.1) is 17.1 Å². The molecular formula is C12H14ClN5O. The molecule has 0 saturated heterocycles. The second-order valence-electron chi connectivity index (χ2n) is 4.31. The summed E-state index contributed by atoms with van der Waals surface area (Å²) in [6.07, 6.45) is 0. The lowest BCUT2D eigenvalue weighted by molar-refractivity contribution is 0.472. The summed E-state index contributed by atoms with van der Waals surface area (Å²) in [5, 5.41) is 23.2. The fourth-order valence-corrected chi connectivity index (χ4v) is 2.00. The molecule has 0 radical (unpaired) electrons. The van der Waals surface area contributed by atoms with Crippen molar-refractivity contribution >= 4 is 40.2 Å². The van der Waals surface area contributed by atoms with Crippen LogP contribution in [0.1, 0.15) is 12.5 Å². The van der Waals surface area contributed by atoms with Crippen LogP contribution in [-0.4, -0.2) is 34.4 Å². The van der Waals surface area contributed by atoms with Gasteiger partial charge in [0.15, 0.2) is 5.84 Å². The van der Waals surface area contributed by atoms with Gasteiger partial charge >= 0.3 is 0 Å². The summed E-state index contributed by atoms with van der Waals surface area (Å²) in [5.74, 6) is 0.144. The SMILES string of the molecule is CC1=NN(C)C(=N)C1=Nc1cc(C)c(O)c(Cl)c1N. The summed E-state index contributed by atoms with van der Waals surface area (Å²) in [4.78, 5) is 4.33. The number of nitrogen functional groups attached to an aromatic ring is 1. The van der Waals surface area contributed by atoms with E-state index < -0.39 is 0 Å². The van der Waals surface area contributed by atoms with Crippen LogP contribution in [0.2, 0.25) is 5.02 Å². The van der Waals surface area contributed by atoms with E-state index in [0.29, 0.717) is 22.7 Å². The van der Waals surface area contributed by atoms with Gasteiger partial charge in [0, 0.05) is 7.05 Å². The number of anilines is 1. The minimum atomic E-state index is -0.0490. The number of nitrogens with one attached hydrogen (secondary N) is 1. The highest BCUT2D eigenvalue weighted by Crippen LogP contribution is 2.39. The zero-order valence-corrected chi connectivity index (χ0v) is 11.6. The smallest absolute Gasteiger partial charge is 0.169 e. The van der Waals surface area contributed by atoms with Crippen molar-refractivity contribution in [2.75, 3.05) is 12.8 Å². The number of phenolic OH excluding ortho intramolecular Hbond substituents is 1. The molecule has 1 aromatic rings. The second-order valence-corrected chi connectivity index (χ2v) is 4.68. The van der Waals surface area contributed by atoms with Crippen molar-refractivity contribution in [1.29, 1.82) is 5.41 Å². The zero-order valence-electron chi connectivity index (χ0n) is 10.8. The molecule has 0 fully saturated rings. The first kappa shape index (κ1) is 13.4. The molecule has 4 N–H and O–H groups in total. The molecule has 2 rings (SSSR count). The van der Waals surface area contributed by atoms with Gasteiger partial charge in [-0.25, -0.2) is 10.0 Å². The molecule has 1 heterocycles. The van der Waals surface area contributed by atoms with Crippen LogP contribution < -0.4 is 5.73 Å². The van der Waals surface area contributed by atoms with E-state index in [9.17, 15) is 5.11 Å². The second kappa shape index (κ2) is 4.55. The average Bonchev–Trinajstić information content (AvgIpc) is 2.60. The lowest BCUT2D eigenvalue weighted by Gasteiger charge is -2.09. The van der Waals surface area contributed by atoms with Gasteiger partial charge in [-0.05, 0) is 25.5 Å². The minimum Gasteiger partial charge on any atom is -0.506 e. The summed E-state index contributed by atoms with van der Waals surface area (Å²) in [6.45, 7) is 3.47. The molecule has 0 saturated carbocycles. The molecule has 0 unspecified atom stereocenters. The van der Waals surface area contributed by atoms with E-state index in [1.807, 2.05) is 0 Å². The minimum absolute atomic E-state index is 0.0490. The van der Waals surface area contributed by atoms with Crippen LogP contribution in [0.3, 0.4) is 0 Å². The normalized spacial score (nSPS) is 17.3. The van der Waals surface area contributed by atoms with Crippen LogP contribution in [0.25, 0.3) is 0 Å². The zero-order chi connectivity index (χ0) is 14.3. The molecule has 0 amide bonds. The van der Waals surface area contributed by atoms with Crippen molar-refractivity contribution in [2.45, 2.75) is 13.8 Å². The molecule has 0 atom stereocenters. The number of halogens is 1. The summed E-state index contributed by atoms with van der Waals surface area (Å²) in [5.41, 5.74) is 8.09. The Morgan fingerprint density at radius 3 is 2.63 bits per heavy atom. The Balaban J connectivity index is 2.57. The molecule has 0 aliphatic carbocycles. The van der Waals surface area contributed by atoms with Gasteiger partial charge in [-0.2, -0.15) is 5.10 Å². The van der Waals surface area contributed by atoms with Gasteiger partial charge in [0.2, 0.25) is 0 Å². The van der Waals surface area contributed by atoms with E-state index in [-0.39, 0.29) is 22.3 Å². The molecule has 19 heavy (non-hydrogen) atoms. The number of aryl methyl sites for hydroxylation is 1. The number of nitrogens with zero attached hydrogens (tertiary/aromatic N) is 3. The van der Waals surface area contributed by atoms with Gasteiger partial charge in [-0.3, -0.25) is 5.41 Å². The van der Waals surface area contributed by atoms with Crippen LogP contribution in [0.5, 0.6) is 5.75 Å². The Morgan fingerprint density at radius 1 is 1.47 bits per heavy atom. The van der Waals surface area contributed by atoms with Gasteiger partial charge < -0.3 is 10.8 Å². The van der Waals surface area contributed by atoms with E-state index in [2.05, 4.69) is 10.1 Å². The highest BCUT2D eigenvalue weighted by atomic mass is 35.5. The van der Waals surface area contributed by atoms with E-state index in [1.165, 1.54) is 5.01 Å². The maximum absolute atomic E-state index is 9.68. The summed E-state index contributed by atoms with van der Waals surface area (Å²) >= 11 is 5.94. The Kier molecular flexibility index (Phi) is 3.20. The number of benzene rings is 1. The average molecular weight is 280 g/mol. The van der Waals surface area contributed by atoms with Gasteiger partial charge in [-0.1, -0.05) is 11.6 Å². The number of aliphatic imine (C=N–C) groups is 1. The Morgan fingerprint density at radius 2 is 2.11 bits per heavy atom. The number of phenols is 1. The molecule has 0 bridgehead atoms. The van der Waals surface area contributed by atoms with Crippen LogP contribution >= 0.6 is 11.6 Å². The van der Waals surface area contributed by atoms with E-state index in [1.54, 1.807) is 27.0 Å². The quantitative estimate of drug-likeness (QED) is 0.688. The molecule has 0 aromatic heterocycles. The molecule has 1 aliphatic heterocycles. The summed E-state index contributed by atoms with van der Waals surface area (Å²) < 4.78 is 0. The van der Waals surface area contributed by atoms with Crippen molar-refractivity contribution < 1.29 is 5.11 Å². The number of hydrogen-bond donors (Lipinski definition) is 3. The maximum atomic E-state index is 9.68. The van der Waals surface area contributed by atoms with Gasteiger partial charge in [0.25, 0.3) is 0 Å². The standard InChI is InChI=1S/C12H14ClN5O/c1-5-4-7(9(14)8(13)11(5)19)16-10-6(2)17-18(3)12(10)15/h4,15,19H,14H2,1-3H3. The molecule has 1 aromatic carbocycles. The number of amidine groups is 1. The third kappa shape index (κ3) is 2.15. The number of aromatic hydroxyl groups is 1. The van der Waals surface area contributed by atoms with Crippen molar-refractivity contribution in [1.82, 2.24) is 5.01 Å². The molecule has 0 spiro atoms. The van der Waals surface area contributed by atoms with Crippen molar-refractivity contribution in [2.24, 2.45) is 10.1 Å². The number of hydrazone groups is 1. The first-order chi connectivity index (χ1) is 8.82. The lowest BCUT2D eigenvalue weighted by atomic mass is 10.1. The first-order valence-corrected chi connectivity index (χ1v) is 5.95. The largest absolute Gasteiger partial charge is 0.506 e. The fraction of sp³-hybridized carbons (Fsp3) is 0.250. The number of hydrogen-bond acceptors (Lipinski definition) is 5. The summed E-state index contributed by atoms with van der Waals surface area (Å²) in [6, 6.07) is 1.63. The van der Waals surface area contributed by atoms with Crippen LogP contribution in [-0.2, 0) is 0 Å². The van der Waals surface area contributed by atoms with Crippen LogP contribution in [0, 0.1) is 12.3 Å². The van der Waals surface area contributed by atoms with Gasteiger partial charge in [0.1, 0.15) is 16.5 Å². The third-order valence-corrected chi connectivity index (χ3v) is 3.25. The summed E-state index contributed by atoms with van der Waals surface area (Å²) in [7, 11) is 1.67. The Bertz CT molecular complexity index is 635. The molecule has 100 valence electrons. The highest BCUT2D eigenvalue weighted by molar-refractivity contribution is 6.69. The first-order valence-electron chi connectivity index (χ1n) is 5.57. The Hall–Kier alpha value is -2.08. The molecule has 1 aliphatic rings. The fourth-order valence-electron chi connectivity index (χ4n) is 1.76. The van der Waals surface area contributed by atoms with Crippen molar-refractivity contribution in [3.05, 3.63) is 16.7 Å². The predicted molar refractivity (Wildman–Crippen MR) is 78.0 cm³/mol. The van der Waals surface area contributed by atoms with Crippen molar-refractivity contribution in [3.63, 3.8) is 0 Å². The molecule has 7 heteroatoms.